The molecule has 17 heavy (non-hydrogen) atoms. The fourth-order valence-electron chi connectivity index (χ4n) is 1.59. The predicted molar refractivity (Wildman–Crippen MR) is 71.9 cm³/mol. The summed E-state index contributed by atoms with van der Waals surface area (Å²) in [6.45, 7) is 4.84. The standard InChI is InChI=1S/C13H16N2OS/c1-9-4-5-12(16-3)6-13(9)14-7-11-8-17-10(2)15-11/h4-6,8,14H,7H2,1-3H3. The summed E-state index contributed by atoms with van der Waals surface area (Å²) < 4.78 is 5.21. The molecule has 0 atom stereocenters. The molecule has 1 heterocycles. The second-order valence-corrected chi connectivity index (χ2v) is 4.95. The smallest absolute Gasteiger partial charge is 0.120 e. The van der Waals surface area contributed by atoms with Crippen LogP contribution < -0.4 is 10.1 Å². The van der Waals surface area contributed by atoms with E-state index in [1.807, 2.05) is 25.1 Å². The van der Waals surface area contributed by atoms with E-state index in [2.05, 4.69) is 22.6 Å². The molecule has 0 fully saturated rings. The van der Waals surface area contributed by atoms with Crippen molar-refractivity contribution in [2.45, 2.75) is 20.4 Å². The van der Waals surface area contributed by atoms with E-state index >= 15 is 0 Å². The van der Waals surface area contributed by atoms with E-state index in [1.54, 1.807) is 18.4 Å². The minimum absolute atomic E-state index is 0.748. The Labute approximate surface area is 105 Å². The van der Waals surface area contributed by atoms with Crippen molar-refractivity contribution < 1.29 is 4.74 Å². The maximum atomic E-state index is 5.21. The number of aryl methyl sites for hydroxylation is 2. The molecule has 1 N–H and O–H groups in total. The third-order valence-electron chi connectivity index (χ3n) is 2.57. The highest BCUT2D eigenvalue weighted by Gasteiger charge is 2.02. The van der Waals surface area contributed by atoms with Crippen LogP contribution in [-0.2, 0) is 6.54 Å². The third kappa shape index (κ3) is 2.97. The molecule has 2 aromatic rings. The summed E-state index contributed by atoms with van der Waals surface area (Å²) in [6.07, 6.45) is 0. The molecule has 0 unspecified atom stereocenters. The van der Waals surface area contributed by atoms with Gasteiger partial charge < -0.3 is 10.1 Å². The number of benzene rings is 1. The summed E-state index contributed by atoms with van der Waals surface area (Å²) in [7, 11) is 1.68. The quantitative estimate of drug-likeness (QED) is 0.900. The van der Waals surface area contributed by atoms with Crippen LogP contribution in [0.5, 0.6) is 5.75 Å². The fourth-order valence-corrected chi connectivity index (χ4v) is 2.21. The van der Waals surface area contributed by atoms with Gasteiger partial charge in [-0.05, 0) is 25.5 Å². The lowest BCUT2D eigenvalue weighted by atomic mass is 10.2. The highest BCUT2D eigenvalue weighted by atomic mass is 32.1. The molecule has 0 amide bonds. The third-order valence-corrected chi connectivity index (χ3v) is 3.39. The highest BCUT2D eigenvalue weighted by Crippen LogP contribution is 2.22. The van der Waals surface area contributed by atoms with E-state index in [1.165, 1.54) is 5.56 Å². The number of hydrogen-bond acceptors (Lipinski definition) is 4. The average molecular weight is 248 g/mol. The Morgan fingerprint density at radius 3 is 2.82 bits per heavy atom. The van der Waals surface area contributed by atoms with Gasteiger partial charge in [0.1, 0.15) is 5.75 Å². The first-order chi connectivity index (χ1) is 8.19. The molecule has 2 rings (SSSR count). The summed E-state index contributed by atoms with van der Waals surface area (Å²) in [5, 5.41) is 6.56. The van der Waals surface area contributed by atoms with Crippen molar-refractivity contribution in [1.82, 2.24) is 4.98 Å². The van der Waals surface area contributed by atoms with Crippen molar-refractivity contribution in [3.8, 4) is 5.75 Å². The van der Waals surface area contributed by atoms with Crippen molar-refractivity contribution in [2.75, 3.05) is 12.4 Å². The van der Waals surface area contributed by atoms with Crippen molar-refractivity contribution in [1.29, 1.82) is 0 Å². The molecular formula is C13H16N2OS. The van der Waals surface area contributed by atoms with Gasteiger partial charge in [0.25, 0.3) is 0 Å². The number of aromatic nitrogens is 1. The van der Waals surface area contributed by atoms with Crippen LogP contribution in [0.2, 0.25) is 0 Å². The van der Waals surface area contributed by atoms with Gasteiger partial charge in [-0.15, -0.1) is 11.3 Å². The second kappa shape index (κ2) is 5.19. The molecule has 3 nitrogen and oxygen atoms in total. The van der Waals surface area contributed by atoms with Crippen LogP contribution in [0.25, 0.3) is 0 Å². The molecule has 0 aliphatic carbocycles. The zero-order chi connectivity index (χ0) is 12.3. The summed E-state index contributed by atoms with van der Waals surface area (Å²) >= 11 is 1.68. The zero-order valence-corrected chi connectivity index (χ0v) is 11.1. The van der Waals surface area contributed by atoms with Gasteiger partial charge in [-0.3, -0.25) is 0 Å². The van der Waals surface area contributed by atoms with Gasteiger partial charge in [0, 0.05) is 17.1 Å². The normalized spacial score (nSPS) is 10.3. The van der Waals surface area contributed by atoms with Crippen LogP contribution in [0.3, 0.4) is 0 Å². The Morgan fingerprint density at radius 1 is 1.35 bits per heavy atom. The Balaban J connectivity index is 2.07. The Bertz CT molecular complexity index is 508. The van der Waals surface area contributed by atoms with Crippen molar-refractivity contribution in [3.05, 3.63) is 39.8 Å². The Hall–Kier alpha value is -1.55. The number of anilines is 1. The van der Waals surface area contributed by atoms with Gasteiger partial charge in [-0.1, -0.05) is 6.07 Å². The van der Waals surface area contributed by atoms with Crippen LogP contribution in [0.4, 0.5) is 5.69 Å². The maximum Gasteiger partial charge on any atom is 0.120 e. The van der Waals surface area contributed by atoms with E-state index in [4.69, 9.17) is 4.74 Å². The lowest BCUT2D eigenvalue weighted by molar-refractivity contribution is 0.415. The van der Waals surface area contributed by atoms with E-state index in [0.717, 1.165) is 28.7 Å². The first kappa shape index (κ1) is 11.9. The minimum atomic E-state index is 0.748. The zero-order valence-electron chi connectivity index (χ0n) is 10.3. The Morgan fingerprint density at radius 2 is 2.18 bits per heavy atom. The molecule has 0 bridgehead atoms. The van der Waals surface area contributed by atoms with Gasteiger partial charge in [0.15, 0.2) is 0 Å². The second-order valence-electron chi connectivity index (χ2n) is 3.89. The number of ether oxygens (including phenoxy) is 1. The van der Waals surface area contributed by atoms with Crippen LogP contribution >= 0.6 is 11.3 Å². The molecule has 4 heteroatoms. The molecule has 1 aromatic carbocycles. The van der Waals surface area contributed by atoms with Crippen molar-refractivity contribution >= 4 is 17.0 Å². The average Bonchev–Trinajstić information content (AvgIpc) is 2.74. The van der Waals surface area contributed by atoms with Crippen LogP contribution in [0, 0.1) is 13.8 Å². The van der Waals surface area contributed by atoms with Crippen molar-refractivity contribution in [3.63, 3.8) is 0 Å². The monoisotopic (exact) mass is 248 g/mol. The summed E-state index contributed by atoms with van der Waals surface area (Å²) in [6, 6.07) is 6.02. The van der Waals surface area contributed by atoms with Gasteiger partial charge in [-0.25, -0.2) is 4.98 Å². The van der Waals surface area contributed by atoms with Gasteiger partial charge in [0.05, 0.1) is 24.4 Å². The Kier molecular flexibility index (Phi) is 3.64. The van der Waals surface area contributed by atoms with Crippen LogP contribution in [-0.4, -0.2) is 12.1 Å². The molecule has 0 saturated carbocycles. The van der Waals surface area contributed by atoms with E-state index < -0.39 is 0 Å². The number of methoxy groups -OCH3 is 1. The molecule has 0 saturated heterocycles. The molecule has 0 aliphatic rings. The first-order valence-corrected chi connectivity index (χ1v) is 6.36. The number of nitrogens with zero attached hydrogens (tertiary/aromatic N) is 1. The summed E-state index contributed by atoms with van der Waals surface area (Å²) in [5.74, 6) is 0.868. The number of nitrogens with one attached hydrogen (secondary N) is 1. The lowest BCUT2D eigenvalue weighted by Crippen LogP contribution is -2.01. The molecule has 90 valence electrons. The topological polar surface area (TPSA) is 34.1 Å². The molecule has 1 aromatic heterocycles. The first-order valence-electron chi connectivity index (χ1n) is 5.48. The minimum Gasteiger partial charge on any atom is -0.497 e. The lowest BCUT2D eigenvalue weighted by Gasteiger charge is -2.10. The highest BCUT2D eigenvalue weighted by molar-refractivity contribution is 7.09. The largest absolute Gasteiger partial charge is 0.497 e. The fraction of sp³-hybridized carbons (Fsp3) is 0.308. The molecule has 0 spiro atoms. The molecule has 0 aliphatic heterocycles. The SMILES string of the molecule is COc1ccc(C)c(NCc2csc(C)n2)c1. The van der Waals surface area contributed by atoms with E-state index in [0.29, 0.717) is 0 Å². The summed E-state index contributed by atoms with van der Waals surface area (Å²) in [4.78, 5) is 4.42. The summed E-state index contributed by atoms with van der Waals surface area (Å²) in [5.41, 5.74) is 3.38. The van der Waals surface area contributed by atoms with Gasteiger partial charge >= 0.3 is 0 Å². The number of rotatable bonds is 4. The van der Waals surface area contributed by atoms with Gasteiger partial charge in [0.2, 0.25) is 0 Å². The number of thiazole rings is 1. The molecule has 0 radical (unpaired) electrons. The van der Waals surface area contributed by atoms with Crippen LogP contribution in [0.1, 0.15) is 16.3 Å². The van der Waals surface area contributed by atoms with Crippen LogP contribution in [0.15, 0.2) is 23.6 Å². The van der Waals surface area contributed by atoms with Gasteiger partial charge in [-0.2, -0.15) is 0 Å². The predicted octanol–water partition coefficient (Wildman–Crippen LogP) is 3.38. The van der Waals surface area contributed by atoms with E-state index in [9.17, 15) is 0 Å². The van der Waals surface area contributed by atoms with E-state index in [-0.39, 0.29) is 0 Å². The number of hydrogen-bond donors (Lipinski definition) is 1. The maximum absolute atomic E-state index is 5.21. The molecular weight excluding hydrogens is 232 g/mol. The van der Waals surface area contributed by atoms with Crippen molar-refractivity contribution in [2.24, 2.45) is 0 Å².